The lowest BCUT2D eigenvalue weighted by Crippen LogP contribution is -2.28. The lowest BCUT2D eigenvalue weighted by atomic mass is 10.1. The maximum Gasteiger partial charge on any atom is 0.257 e. The average molecular weight is 368 g/mol. The van der Waals surface area contributed by atoms with E-state index in [9.17, 15) is 4.79 Å². The van der Waals surface area contributed by atoms with E-state index in [0.717, 1.165) is 30.7 Å². The summed E-state index contributed by atoms with van der Waals surface area (Å²) in [5.74, 6) is 1.55. The topological polar surface area (TPSA) is 72.1 Å². The van der Waals surface area contributed by atoms with Crippen molar-refractivity contribution in [3.8, 4) is 10.8 Å². The molecule has 0 spiro atoms. The molecular formula is C19H20N4O2S. The molecule has 6 nitrogen and oxygen atoms in total. The van der Waals surface area contributed by atoms with Gasteiger partial charge in [0.15, 0.2) is 0 Å². The summed E-state index contributed by atoms with van der Waals surface area (Å²) in [5.41, 5.74) is 1.22. The van der Waals surface area contributed by atoms with Crippen molar-refractivity contribution in [3.05, 3.63) is 53.5 Å². The van der Waals surface area contributed by atoms with E-state index in [-0.39, 0.29) is 11.8 Å². The number of likely N-dealkylation sites (tertiary alicyclic amines) is 1. The molecule has 0 aromatic carbocycles. The third kappa shape index (κ3) is 3.83. The molecule has 1 unspecified atom stereocenters. The number of amides is 1. The van der Waals surface area contributed by atoms with Crippen molar-refractivity contribution in [1.29, 1.82) is 0 Å². The van der Waals surface area contributed by atoms with Crippen molar-refractivity contribution >= 4 is 17.2 Å². The van der Waals surface area contributed by atoms with Crippen molar-refractivity contribution < 1.29 is 9.21 Å². The molecule has 26 heavy (non-hydrogen) atoms. The number of thiophene rings is 1. The van der Waals surface area contributed by atoms with Gasteiger partial charge in [-0.25, -0.2) is 0 Å². The molecule has 1 atom stereocenters. The van der Waals surface area contributed by atoms with Gasteiger partial charge in [0.25, 0.3) is 5.89 Å². The minimum atomic E-state index is 0.139. The summed E-state index contributed by atoms with van der Waals surface area (Å²) in [4.78, 5) is 19.4. The minimum Gasteiger partial charge on any atom is -0.420 e. The van der Waals surface area contributed by atoms with Crippen molar-refractivity contribution in [1.82, 2.24) is 20.1 Å². The number of hydrogen-bond donors (Lipinski definition) is 0. The predicted molar refractivity (Wildman–Crippen MR) is 98.7 cm³/mol. The van der Waals surface area contributed by atoms with Crippen LogP contribution >= 0.6 is 11.3 Å². The van der Waals surface area contributed by atoms with E-state index in [1.807, 2.05) is 34.5 Å². The van der Waals surface area contributed by atoms with E-state index in [0.29, 0.717) is 24.7 Å². The van der Waals surface area contributed by atoms with Gasteiger partial charge >= 0.3 is 0 Å². The molecule has 0 aliphatic carbocycles. The molecule has 0 bridgehead atoms. The molecule has 0 saturated carbocycles. The van der Waals surface area contributed by atoms with Crippen molar-refractivity contribution in [3.63, 3.8) is 0 Å². The molecule has 3 aromatic rings. The predicted octanol–water partition coefficient (Wildman–Crippen LogP) is 3.53. The fraction of sp³-hybridized carbons (Fsp3) is 0.368. The first kappa shape index (κ1) is 16.9. The Bertz CT molecular complexity index is 848. The van der Waals surface area contributed by atoms with Crippen LogP contribution in [0.2, 0.25) is 0 Å². The molecule has 3 aromatic heterocycles. The highest BCUT2D eigenvalue weighted by Gasteiger charge is 2.30. The van der Waals surface area contributed by atoms with Crippen LogP contribution in [0.1, 0.15) is 36.6 Å². The molecule has 1 amide bonds. The first-order chi connectivity index (χ1) is 12.8. The second-order valence-electron chi connectivity index (χ2n) is 6.46. The molecule has 4 rings (SSSR count). The summed E-state index contributed by atoms with van der Waals surface area (Å²) in [6.07, 6.45) is 6.78. The number of carbonyl (C=O) groups is 1. The number of aryl methyl sites for hydroxylation is 1. The van der Waals surface area contributed by atoms with Crippen LogP contribution in [0.25, 0.3) is 10.8 Å². The van der Waals surface area contributed by atoms with Gasteiger partial charge in [0.1, 0.15) is 0 Å². The van der Waals surface area contributed by atoms with Gasteiger partial charge in [-0.15, -0.1) is 21.5 Å². The number of pyridine rings is 1. The first-order valence-electron chi connectivity index (χ1n) is 8.83. The van der Waals surface area contributed by atoms with Crippen LogP contribution in [0.5, 0.6) is 0 Å². The zero-order valence-corrected chi connectivity index (χ0v) is 15.2. The van der Waals surface area contributed by atoms with Gasteiger partial charge in [0.2, 0.25) is 11.8 Å². The van der Waals surface area contributed by atoms with Gasteiger partial charge in [-0.05, 0) is 48.4 Å². The summed E-state index contributed by atoms with van der Waals surface area (Å²) in [5, 5.41) is 10.3. The molecule has 1 aliphatic heterocycles. The number of aromatic nitrogens is 3. The van der Waals surface area contributed by atoms with E-state index < -0.39 is 0 Å². The van der Waals surface area contributed by atoms with Crippen LogP contribution in [0, 0.1) is 0 Å². The number of rotatable bonds is 6. The van der Waals surface area contributed by atoms with E-state index in [1.54, 1.807) is 23.7 Å². The van der Waals surface area contributed by atoms with Crippen LogP contribution in [0.3, 0.4) is 0 Å². The molecule has 134 valence electrons. The monoisotopic (exact) mass is 368 g/mol. The van der Waals surface area contributed by atoms with Crippen molar-refractivity contribution in [2.75, 3.05) is 13.1 Å². The fourth-order valence-corrected chi connectivity index (χ4v) is 3.88. The van der Waals surface area contributed by atoms with Gasteiger partial charge in [0.05, 0.1) is 10.8 Å². The lowest BCUT2D eigenvalue weighted by molar-refractivity contribution is -0.130. The first-order valence-corrected chi connectivity index (χ1v) is 9.71. The highest BCUT2D eigenvalue weighted by molar-refractivity contribution is 7.13. The Hall–Kier alpha value is -2.54. The van der Waals surface area contributed by atoms with Crippen LogP contribution in [-0.2, 0) is 11.2 Å². The Morgan fingerprint density at radius 1 is 1.27 bits per heavy atom. The third-order valence-corrected chi connectivity index (χ3v) is 5.53. The second-order valence-corrected chi connectivity index (χ2v) is 7.40. The summed E-state index contributed by atoms with van der Waals surface area (Å²) in [6, 6.07) is 7.93. The average Bonchev–Trinajstić information content (AvgIpc) is 3.42. The standard InChI is InChI=1S/C19H20N4O2S/c24-17(5-1-3-14-6-9-20-10-7-14)23-11-8-15(13-23)18-21-22-19(25-18)16-4-2-12-26-16/h2,4,6-7,9-10,12,15H,1,3,5,8,11,13H2. The van der Waals surface area contributed by atoms with Crippen LogP contribution in [0.4, 0.5) is 0 Å². The largest absolute Gasteiger partial charge is 0.420 e. The maximum atomic E-state index is 12.5. The van der Waals surface area contributed by atoms with E-state index in [4.69, 9.17) is 4.42 Å². The van der Waals surface area contributed by atoms with Crippen molar-refractivity contribution in [2.24, 2.45) is 0 Å². The van der Waals surface area contributed by atoms with E-state index in [1.165, 1.54) is 5.56 Å². The van der Waals surface area contributed by atoms with Gasteiger partial charge in [-0.3, -0.25) is 9.78 Å². The fourth-order valence-electron chi connectivity index (χ4n) is 3.24. The molecule has 7 heteroatoms. The number of nitrogens with zero attached hydrogens (tertiary/aromatic N) is 4. The molecular weight excluding hydrogens is 348 g/mol. The Balaban J connectivity index is 1.28. The number of hydrogen-bond acceptors (Lipinski definition) is 6. The smallest absolute Gasteiger partial charge is 0.257 e. The van der Waals surface area contributed by atoms with Crippen LogP contribution in [0.15, 0.2) is 46.5 Å². The summed E-state index contributed by atoms with van der Waals surface area (Å²) in [7, 11) is 0. The second kappa shape index (κ2) is 7.78. The molecule has 1 saturated heterocycles. The zero-order chi connectivity index (χ0) is 17.8. The lowest BCUT2D eigenvalue weighted by Gasteiger charge is -2.15. The molecule has 0 radical (unpaired) electrons. The van der Waals surface area contributed by atoms with E-state index >= 15 is 0 Å². The maximum absolute atomic E-state index is 12.5. The van der Waals surface area contributed by atoms with Gasteiger partial charge in [-0.1, -0.05) is 6.07 Å². The quantitative estimate of drug-likeness (QED) is 0.665. The van der Waals surface area contributed by atoms with Crippen LogP contribution < -0.4 is 0 Å². The molecule has 0 N–H and O–H groups in total. The highest BCUT2D eigenvalue weighted by atomic mass is 32.1. The Labute approximate surface area is 155 Å². The van der Waals surface area contributed by atoms with Gasteiger partial charge in [0, 0.05) is 31.9 Å². The Morgan fingerprint density at radius 3 is 2.96 bits per heavy atom. The molecule has 4 heterocycles. The molecule has 1 fully saturated rings. The number of carbonyl (C=O) groups excluding carboxylic acids is 1. The normalized spacial score (nSPS) is 16.9. The van der Waals surface area contributed by atoms with Gasteiger partial charge in [-0.2, -0.15) is 0 Å². The summed E-state index contributed by atoms with van der Waals surface area (Å²) < 4.78 is 5.82. The zero-order valence-electron chi connectivity index (χ0n) is 14.4. The summed E-state index contributed by atoms with van der Waals surface area (Å²) >= 11 is 1.58. The SMILES string of the molecule is O=C(CCCc1ccncc1)N1CCC(c2nnc(-c3cccs3)o2)C1. The minimum absolute atomic E-state index is 0.139. The Kier molecular flexibility index (Phi) is 5.06. The summed E-state index contributed by atoms with van der Waals surface area (Å²) in [6.45, 7) is 1.43. The van der Waals surface area contributed by atoms with Crippen LogP contribution in [-0.4, -0.2) is 39.1 Å². The molecule has 1 aliphatic rings. The van der Waals surface area contributed by atoms with Gasteiger partial charge < -0.3 is 9.32 Å². The third-order valence-electron chi connectivity index (χ3n) is 4.67. The van der Waals surface area contributed by atoms with Crippen molar-refractivity contribution in [2.45, 2.75) is 31.6 Å². The highest BCUT2D eigenvalue weighted by Crippen LogP contribution is 2.30. The van der Waals surface area contributed by atoms with E-state index in [2.05, 4.69) is 15.2 Å². The Morgan fingerprint density at radius 2 is 2.15 bits per heavy atom.